The summed E-state index contributed by atoms with van der Waals surface area (Å²) in [5, 5.41) is 0. The fraction of sp³-hybridized carbons (Fsp3) is 0.647. The molecule has 0 fully saturated rings. The molecular formula is C17H27. The second kappa shape index (κ2) is 9.27. The Bertz CT molecular complexity index is 263. The van der Waals surface area contributed by atoms with E-state index in [2.05, 4.69) is 32.0 Å². The van der Waals surface area contributed by atoms with E-state index in [0.29, 0.717) is 0 Å². The third-order valence-electron chi connectivity index (χ3n) is 3.42. The molecule has 0 heteroatoms. The maximum absolute atomic E-state index is 3.08. The Labute approximate surface area is 107 Å². The van der Waals surface area contributed by atoms with Crippen LogP contribution in [-0.4, -0.2) is 0 Å². The SMILES string of the molecule is CCCCCCCCC(C)Cc1cc[c]cc1. The third-order valence-corrected chi connectivity index (χ3v) is 3.42. The first kappa shape index (κ1) is 14.3. The Hall–Kier alpha value is -0.780. The van der Waals surface area contributed by atoms with E-state index in [9.17, 15) is 0 Å². The Morgan fingerprint density at radius 3 is 2.35 bits per heavy atom. The number of benzene rings is 1. The standard InChI is InChI=1S/C17H27/c1-3-4-5-6-7-9-12-16(2)15-17-13-10-8-11-14-17/h10-11,13-14,16H,3-7,9,12,15H2,1-2H3. The molecule has 0 saturated carbocycles. The van der Waals surface area contributed by atoms with Crippen LogP contribution in [0.1, 0.15) is 64.4 Å². The lowest BCUT2D eigenvalue weighted by molar-refractivity contribution is 0.481. The predicted molar refractivity (Wildman–Crippen MR) is 76.1 cm³/mol. The largest absolute Gasteiger partial charge is 0.0654 e. The number of rotatable bonds is 9. The number of unbranched alkanes of at least 4 members (excludes halogenated alkanes) is 5. The Morgan fingerprint density at radius 1 is 1.00 bits per heavy atom. The van der Waals surface area contributed by atoms with Gasteiger partial charge in [0.25, 0.3) is 0 Å². The third kappa shape index (κ3) is 7.20. The van der Waals surface area contributed by atoms with Gasteiger partial charge >= 0.3 is 0 Å². The van der Waals surface area contributed by atoms with Gasteiger partial charge in [-0.2, -0.15) is 0 Å². The van der Waals surface area contributed by atoms with Gasteiger partial charge in [-0.3, -0.25) is 0 Å². The van der Waals surface area contributed by atoms with Gasteiger partial charge < -0.3 is 0 Å². The summed E-state index contributed by atoms with van der Waals surface area (Å²) in [7, 11) is 0. The zero-order valence-corrected chi connectivity index (χ0v) is 11.5. The van der Waals surface area contributed by atoms with Crippen LogP contribution in [0.3, 0.4) is 0 Å². The van der Waals surface area contributed by atoms with E-state index in [1.165, 1.54) is 56.9 Å². The van der Waals surface area contributed by atoms with Crippen LogP contribution in [-0.2, 0) is 6.42 Å². The van der Waals surface area contributed by atoms with Crippen LogP contribution in [0.2, 0.25) is 0 Å². The molecule has 0 N–H and O–H groups in total. The van der Waals surface area contributed by atoms with E-state index in [0.717, 1.165) is 5.92 Å². The van der Waals surface area contributed by atoms with Crippen molar-refractivity contribution in [3.63, 3.8) is 0 Å². The molecule has 0 spiro atoms. The first-order chi connectivity index (χ1) is 8.33. The molecule has 17 heavy (non-hydrogen) atoms. The summed E-state index contributed by atoms with van der Waals surface area (Å²) in [6.07, 6.45) is 11.1. The minimum atomic E-state index is 0.823. The summed E-state index contributed by atoms with van der Waals surface area (Å²) in [6, 6.07) is 11.5. The van der Waals surface area contributed by atoms with E-state index in [4.69, 9.17) is 0 Å². The zero-order chi connectivity index (χ0) is 12.3. The van der Waals surface area contributed by atoms with Crippen LogP contribution < -0.4 is 0 Å². The molecule has 1 atom stereocenters. The zero-order valence-electron chi connectivity index (χ0n) is 11.5. The van der Waals surface area contributed by atoms with Crippen molar-refractivity contribution in [2.75, 3.05) is 0 Å². The molecule has 0 amide bonds. The van der Waals surface area contributed by atoms with Crippen molar-refractivity contribution in [1.29, 1.82) is 0 Å². The first-order valence-corrected chi connectivity index (χ1v) is 7.28. The minimum Gasteiger partial charge on any atom is -0.0654 e. The monoisotopic (exact) mass is 231 g/mol. The molecule has 95 valence electrons. The Kier molecular flexibility index (Phi) is 7.79. The van der Waals surface area contributed by atoms with Crippen molar-refractivity contribution in [3.05, 3.63) is 35.9 Å². The van der Waals surface area contributed by atoms with Crippen molar-refractivity contribution in [1.82, 2.24) is 0 Å². The van der Waals surface area contributed by atoms with Crippen LogP contribution in [0.4, 0.5) is 0 Å². The lowest BCUT2D eigenvalue weighted by atomic mass is 9.95. The topological polar surface area (TPSA) is 0 Å². The molecule has 1 aromatic rings. The van der Waals surface area contributed by atoms with Crippen molar-refractivity contribution >= 4 is 0 Å². The summed E-state index contributed by atoms with van der Waals surface area (Å²) < 4.78 is 0. The van der Waals surface area contributed by atoms with E-state index in [1.807, 2.05) is 12.1 Å². The van der Waals surface area contributed by atoms with E-state index < -0.39 is 0 Å². The van der Waals surface area contributed by atoms with Gasteiger partial charge in [-0.1, -0.05) is 83.1 Å². The summed E-state index contributed by atoms with van der Waals surface area (Å²) >= 11 is 0. The van der Waals surface area contributed by atoms with Gasteiger partial charge in [0, 0.05) is 0 Å². The molecule has 1 unspecified atom stereocenters. The lowest BCUT2D eigenvalue weighted by Crippen LogP contribution is -1.99. The summed E-state index contributed by atoms with van der Waals surface area (Å²) in [5.41, 5.74) is 1.46. The van der Waals surface area contributed by atoms with Gasteiger partial charge in [0.05, 0.1) is 0 Å². The van der Waals surface area contributed by atoms with Crippen LogP contribution >= 0.6 is 0 Å². The quantitative estimate of drug-likeness (QED) is 0.498. The van der Waals surface area contributed by atoms with Crippen molar-refractivity contribution in [2.45, 2.75) is 65.2 Å². The molecule has 0 saturated heterocycles. The Morgan fingerprint density at radius 2 is 1.65 bits per heavy atom. The molecule has 0 aliphatic rings. The molecule has 0 nitrogen and oxygen atoms in total. The maximum atomic E-state index is 3.08. The second-order valence-corrected chi connectivity index (χ2v) is 5.27. The Balaban J connectivity index is 2.03. The number of hydrogen-bond acceptors (Lipinski definition) is 0. The lowest BCUT2D eigenvalue weighted by Gasteiger charge is -2.11. The molecule has 0 aromatic heterocycles. The maximum Gasteiger partial charge on any atom is -0.0184 e. The van der Waals surface area contributed by atoms with Gasteiger partial charge in [-0.25, -0.2) is 0 Å². The highest BCUT2D eigenvalue weighted by atomic mass is 14.1. The van der Waals surface area contributed by atoms with Crippen LogP contribution in [0.5, 0.6) is 0 Å². The van der Waals surface area contributed by atoms with Gasteiger partial charge in [0.15, 0.2) is 0 Å². The van der Waals surface area contributed by atoms with Crippen molar-refractivity contribution in [2.24, 2.45) is 5.92 Å². The highest BCUT2D eigenvalue weighted by Gasteiger charge is 2.03. The van der Waals surface area contributed by atoms with Crippen LogP contribution in [0, 0.1) is 12.0 Å². The summed E-state index contributed by atoms with van der Waals surface area (Å²) in [4.78, 5) is 0. The van der Waals surface area contributed by atoms with Gasteiger partial charge in [-0.05, 0) is 24.0 Å². The molecule has 0 aliphatic carbocycles. The molecule has 0 heterocycles. The second-order valence-electron chi connectivity index (χ2n) is 5.27. The highest BCUT2D eigenvalue weighted by molar-refractivity contribution is 5.14. The van der Waals surface area contributed by atoms with E-state index >= 15 is 0 Å². The molecule has 0 bridgehead atoms. The fourth-order valence-corrected chi connectivity index (χ4v) is 2.34. The summed E-state index contributed by atoms with van der Waals surface area (Å²) in [5.74, 6) is 0.823. The molecule has 1 rings (SSSR count). The van der Waals surface area contributed by atoms with E-state index in [1.54, 1.807) is 0 Å². The van der Waals surface area contributed by atoms with Gasteiger partial charge in [0.1, 0.15) is 0 Å². The summed E-state index contributed by atoms with van der Waals surface area (Å²) in [6.45, 7) is 4.65. The highest BCUT2D eigenvalue weighted by Crippen LogP contribution is 2.16. The van der Waals surface area contributed by atoms with E-state index in [-0.39, 0.29) is 0 Å². The smallest absolute Gasteiger partial charge is 0.0184 e. The van der Waals surface area contributed by atoms with Gasteiger partial charge in [-0.15, -0.1) is 0 Å². The van der Waals surface area contributed by atoms with Gasteiger partial charge in [0.2, 0.25) is 0 Å². The molecule has 1 aromatic carbocycles. The molecule has 1 radical (unpaired) electrons. The van der Waals surface area contributed by atoms with Crippen molar-refractivity contribution in [3.8, 4) is 0 Å². The van der Waals surface area contributed by atoms with Crippen LogP contribution in [0.25, 0.3) is 0 Å². The minimum absolute atomic E-state index is 0.823. The van der Waals surface area contributed by atoms with Crippen molar-refractivity contribution < 1.29 is 0 Å². The normalized spacial score (nSPS) is 12.6. The fourth-order valence-electron chi connectivity index (χ4n) is 2.34. The molecular weight excluding hydrogens is 204 g/mol. The number of hydrogen-bond donors (Lipinski definition) is 0. The first-order valence-electron chi connectivity index (χ1n) is 7.28. The average molecular weight is 231 g/mol. The van der Waals surface area contributed by atoms with Crippen LogP contribution in [0.15, 0.2) is 24.3 Å². The predicted octanol–water partition coefficient (Wildman–Crippen LogP) is 5.42. The average Bonchev–Trinajstić information content (AvgIpc) is 2.35. The molecule has 0 aliphatic heterocycles.